The lowest BCUT2D eigenvalue weighted by molar-refractivity contribution is -0.136. The largest absolute Gasteiger partial charge is 0.335 e. The number of rotatable bonds is 2. The van der Waals surface area contributed by atoms with Gasteiger partial charge in [-0.1, -0.05) is 19.4 Å². The number of amides is 1. The van der Waals surface area contributed by atoms with Crippen LogP contribution < -0.4 is 0 Å². The topological polar surface area (TPSA) is 20.3 Å². The molecule has 2 nitrogen and oxygen atoms in total. The zero-order valence-electron chi connectivity index (χ0n) is 8.20. The second kappa shape index (κ2) is 3.52. The average molecular weight is 179 g/mol. The Labute approximate surface area is 79.6 Å². The molecular weight excluding hydrogens is 162 g/mol. The maximum absolute atomic E-state index is 11.6. The highest BCUT2D eigenvalue weighted by molar-refractivity contribution is 5.88. The maximum Gasteiger partial charge on any atom is 0.246 e. The Morgan fingerprint density at radius 3 is 3.08 bits per heavy atom. The lowest BCUT2D eigenvalue weighted by atomic mass is 9.92. The predicted octanol–water partition coefficient (Wildman–Crippen LogP) is 1.96. The van der Waals surface area contributed by atoms with E-state index in [0.717, 1.165) is 18.9 Å². The van der Waals surface area contributed by atoms with Crippen LogP contribution in [0.1, 0.15) is 32.6 Å². The summed E-state index contributed by atoms with van der Waals surface area (Å²) in [7, 11) is 0. The van der Waals surface area contributed by atoms with Gasteiger partial charge in [0.2, 0.25) is 5.91 Å². The molecule has 0 N–H and O–H groups in total. The maximum atomic E-state index is 11.6. The van der Waals surface area contributed by atoms with Gasteiger partial charge in [-0.2, -0.15) is 0 Å². The van der Waals surface area contributed by atoms with Gasteiger partial charge in [0.1, 0.15) is 0 Å². The van der Waals surface area contributed by atoms with Crippen molar-refractivity contribution in [2.24, 2.45) is 5.92 Å². The number of carbonyl (C=O) groups is 1. The smallest absolute Gasteiger partial charge is 0.246 e. The lowest BCUT2D eigenvalue weighted by Crippen LogP contribution is -2.55. The number of allylic oxidation sites excluding steroid dienone is 1. The van der Waals surface area contributed by atoms with Crippen LogP contribution in [0, 0.1) is 5.92 Å². The molecule has 2 aliphatic rings. The number of nitrogens with zero attached hydrogens (tertiary/aromatic N) is 1. The third-order valence-electron chi connectivity index (χ3n) is 3.23. The molecule has 2 atom stereocenters. The molecule has 0 spiro atoms. The van der Waals surface area contributed by atoms with Crippen molar-refractivity contribution in [3.63, 3.8) is 0 Å². The molecule has 1 aliphatic heterocycles. The van der Waals surface area contributed by atoms with Crippen LogP contribution in [-0.4, -0.2) is 23.4 Å². The van der Waals surface area contributed by atoms with E-state index >= 15 is 0 Å². The molecule has 0 aromatic rings. The van der Waals surface area contributed by atoms with Crippen LogP contribution in [0.15, 0.2) is 12.2 Å². The van der Waals surface area contributed by atoms with Gasteiger partial charge in [-0.25, -0.2) is 0 Å². The third kappa shape index (κ3) is 1.50. The van der Waals surface area contributed by atoms with Gasteiger partial charge in [-0.05, 0) is 31.3 Å². The molecule has 0 aromatic heterocycles. The van der Waals surface area contributed by atoms with Gasteiger partial charge in [-0.15, -0.1) is 0 Å². The molecule has 1 aliphatic carbocycles. The molecule has 72 valence electrons. The van der Waals surface area contributed by atoms with Gasteiger partial charge in [0.15, 0.2) is 0 Å². The SMILES string of the molecule is CC/C=C/C(=O)N1CC2CCCC21. The fourth-order valence-electron chi connectivity index (χ4n) is 2.46. The molecule has 1 saturated heterocycles. The van der Waals surface area contributed by atoms with Crippen LogP contribution in [0.5, 0.6) is 0 Å². The van der Waals surface area contributed by atoms with Gasteiger partial charge in [0.05, 0.1) is 0 Å². The van der Waals surface area contributed by atoms with Gasteiger partial charge in [0.25, 0.3) is 0 Å². The van der Waals surface area contributed by atoms with Crippen LogP contribution in [0.25, 0.3) is 0 Å². The first-order chi connectivity index (χ1) is 6.33. The number of fused-ring (bicyclic) bond motifs is 1. The van der Waals surface area contributed by atoms with Crippen LogP contribution >= 0.6 is 0 Å². The summed E-state index contributed by atoms with van der Waals surface area (Å²) in [6.07, 6.45) is 8.52. The Kier molecular flexibility index (Phi) is 2.38. The van der Waals surface area contributed by atoms with Gasteiger partial charge in [0, 0.05) is 12.6 Å². The number of likely N-dealkylation sites (tertiary alicyclic amines) is 1. The Hall–Kier alpha value is -0.790. The highest BCUT2D eigenvalue weighted by Crippen LogP contribution is 2.38. The molecule has 2 rings (SSSR count). The van der Waals surface area contributed by atoms with E-state index < -0.39 is 0 Å². The van der Waals surface area contributed by atoms with E-state index in [1.54, 1.807) is 6.08 Å². The van der Waals surface area contributed by atoms with Crippen LogP contribution in [-0.2, 0) is 4.79 Å². The van der Waals surface area contributed by atoms with E-state index in [1.165, 1.54) is 19.3 Å². The first-order valence-corrected chi connectivity index (χ1v) is 5.30. The Bertz CT molecular complexity index is 234. The quantitative estimate of drug-likeness (QED) is 0.593. The number of carbonyl (C=O) groups excluding carboxylic acids is 1. The summed E-state index contributed by atoms with van der Waals surface area (Å²) in [5.41, 5.74) is 0. The van der Waals surface area contributed by atoms with E-state index in [4.69, 9.17) is 0 Å². The van der Waals surface area contributed by atoms with Gasteiger partial charge < -0.3 is 4.90 Å². The minimum absolute atomic E-state index is 0.227. The molecule has 1 amide bonds. The summed E-state index contributed by atoms with van der Waals surface area (Å²) in [5, 5.41) is 0. The molecule has 1 saturated carbocycles. The van der Waals surface area contributed by atoms with Gasteiger partial charge in [-0.3, -0.25) is 4.79 Å². The van der Waals surface area contributed by atoms with Crippen molar-refractivity contribution in [1.82, 2.24) is 4.90 Å². The molecule has 2 heteroatoms. The molecular formula is C11H17NO. The molecule has 1 heterocycles. The Morgan fingerprint density at radius 1 is 1.54 bits per heavy atom. The fourth-order valence-corrected chi connectivity index (χ4v) is 2.46. The van der Waals surface area contributed by atoms with Crippen molar-refractivity contribution in [2.45, 2.75) is 38.6 Å². The van der Waals surface area contributed by atoms with E-state index in [0.29, 0.717) is 6.04 Å². The monoisotopic (exact) mass is 179 g/mol. The molecule has 0 radical (unpaired) electrons. The minimum atomic E-state index is 0.227. The second-order valence-electron chi connectivity index (χ2n) is 4.06. The normalized spacial score (nSPS) is 31.9. The molecule has 2 unspecified atom stereocenters. The summed E-state index contributed by atoms with van der Waals surface area (Å²) < 4.78 is 0. The fraction of sp³-hybridized carbons (Fsp3) is 0.727. The third-order valence-corrected chi connectivity index (χ3v) is 3.23. The van der Waals surface area contributed by atoms with E-state index in [1.807, 2.05) is 11.0 Å². The predicted molar refractivity (Wildman–Crippen MR) is 52.3 cm³/mol. The van der Waals surface area contributed by atoms with E-state index in [-0.39, 0.29) is 5.91 Å². The number of hydrogen-bond acceptors (Lipinski definition) is 1. The zero-order chi connectivity index (χ0) is 9.26. The highest BCUT2D eigenvalue weighted by Gasteiger charge is 2.43. The molecule has 0 aromatic carbocycles. The first-order valence-electron chi connectivity index (χ1n) is 5.30. The van der Waals surface area contributed by atoms with E-state index in [2.05, 4.69) is 6.92 Å². The van der Waals surface area contributed by atoms with Crippen LogP contribution in [0.2, 0.25) is 0 Å². The van der Waals surface area contributed by atoms with Gasteiger partial charge >= 0.3 is 0 Å². The van der Waals surface area contributed by atoms with Crippen molar-refractivity contribution in [3.05, 3.63) is 12.2 Å². The highest BCUT2D eigenvalue weighted by atomic mass is 16.2. The second-order valence-corrected chi connectivity index (χ2v) is 4.06. The summed E-state index contributed by atoms with van der Waals surface area (Å²) in [6, 6.07) is 0.592. The Morgan fingerprint density at radius 2 is 2.38 bits per heavy atom. The zero-order valence-corrected chi connectivity index (χ0v) is 8.20. The number of hydrogen-bond donors (Lipinski definition) is 0. The molecule has 2 fully saturated rings. The molecule has 13 heavy (non-hydrogen) atoms. The average Bonchev–Trinajstić information content (AvgIpc) is 2.44. The van der Waals surface area contributed by atoms with Crippen LogP contribution in [0.3, 0.4) is 0 Å². The van der Waals surface area contributed by atoms with Crippen molar-refractivity contribution in [1.29, 1.82) is 0 Å². The molecule has 0 bridgehead atoms. The van der Waals surface area contributed by atoms with Crippen molar-refractivity contribution in [3.8, 4) is 0 Å². The first kappa shape index (κ1) is 8.79. The summed E-state index contributed by atoms with van der Waals surface area (Å²) in [5.74, 6) is 1.06. The lowest BCUT2D eigenvalue weighted by Gasteiger charge is -2.44. The van der Waals surface area contributed by atoms with Crippen LogP contribution in [0.4, 0.5) is 0 Å². The standard InChI is InChI=1S/C11H17NO/c1-2-3-7-11(13)12-8-9-5-4-6-10(9)12/h3,7,9-10H,2,4-6,8H2,1H3/b7-3+. The summed E-state index contributed by atoms with van der Waals surface area (Å²) >= 11 is 0. The van der Waals surface area contributed by atoms with Crippen molar-refractivity contribution < 1.29 is 4.79 Å². The van der Waals surface area contributed by atoms with Crippen molar-refractivity contribution in [2.75, 3.05) is 6.54 Å². The minimum Gasteiger partial charge on any atom is -0.335 e. The Balaban J connectivity index is 1.89. The summed E-state index contributed by atoms with van der Waals surface area (Å²) in [6.45, 7) is 3.07. The van der Waals surface area contributed by atoms with Crippen molar-refractivity contribution >= 4 is 5.91 Å². The summed E-state index contributed by atoms with van der Waals surface area (Å²) in [4.78, 5) is 13.6. The van der Waals surface area contributed by atoms with E-state index in [9.17, 15) is 4.79 Å².